The Kier molecular flexibility index (Phi) is 3.46. The van der Waals surface area contributed by atoms with E-state index >= 15 is 0 Å². The first kappa shape index (κ1) is 11.4. The molecule has 0 spiro atoms. The van der Waals surface area contributed by atoms with Crippen molar-refractivity contribution in [3.63, 3.8) is 0 Å². The summed E-state index contributed by atoms with van der Waals surface area (Å²) >= 11 is 0. The van der Waals surface area contributed by atoms with E-state index in [4.69, 9.17) is 10.5 Å². The van der Waals surface area contributed by atoms with Crippen LogP contribution < -0.4 is 10.5 Å². The van der Waals surface area contributed by atoms with Gasteiger partial charge in [-0.1, -0.05) is 6.07 Å². The van der Waals surface area contributed by atoms with E-state index in [1.54, 1.807) is 7.11 Å². The zero-order chi connectivity index (χ0) is 11.5. The minimum absolute atomic E-state index is 0.587. The standard InChI is InChI=1S/C13H20N2O/c1-15(12-4-5-12)9-11-7-10(8-14)3-6-13(11)16-2/h3,6-7,12H,4-5,8-9,14H2,1-2H3. The van der Waals surface area contributed by atoms with Crippen molar-refractivity contribution in [3.05, 3.63) is 29.3 Å². The van der Waals surface area contributed by atoms with E-state index < -0.39 is 0 Å². The molecule has 2 N–H and O–H groups in total. The molecular weight excluding hydrogens is 200 g/mol. The molecule has 1 aromatic rings. The van der Waals surface area contributed by atoms with Crippen molar-refractivity contribution in [2.45, 2.75) is 32.0 Å². The van der Waals surface area contributed by atoms with Crippen molar-refractivity contribution >= 4 is 0 Å². The highest BCUT2D eigenvalue weighted by atomic mass is 16.5. The summed E-state index contributed by atoms with van der Waals surface area (Å²) in [4.78, 5) is 2.39. The van der Waals surface area contributed by atoms with Crippen molar-refractivity contribution in [2.75, 3.05) is 14.2 Å². The van der Waals surface area contributed by atoms with Gasteiger partial charge < -0.3 is 10.5 Å². The smallest absolute Gasteiger partial charge is 0.123 e. The molecule has 3 heteroatoms. The van der Waals surface area contributed by atoms with Gasteiger partial charge in [0.05, 0.1) is 7.11 Å². The summed E-state index contributed by atoms with van der Waals surface area (Å²) in [6.07, 6.45) is 2.66. The summed E-state index contributed by atoms with van der Waals surface area (Å²) in [7, 11) is 3.89. The van der Waals surface area contributed by atoms with Crippen molar-refractivity contribution in [1.29, 1.82) is 0 Å². The van der Waals surface area contributed by atoms with Crippen LogP contribution in [0.1, 0.15) is 24.0 Å². The van der Waals surface area contributed by atoms with Crippen LogP contribution in [-0.4, -0.2) is 25.1 Å². The molecule has 0 saturated heterocycles. The zero-order valence-electron chi connectivity index (χ0n) is 10.1. The fourth-order valence-corrected chi connectivity index (χ4v) is 2.00. The van der Waals surface area contributed by atoms with Gasteiger partial charge in [-0.15, -0.1) is 0 Å². The molecule has 0 aromatic heterocycles. The Morgan fingerprint density at radius 1 is 1.44 bits per heavy atom. The monoisotopic (exact) mass is 220 g/mol. The Bertz CT molecular complexity index is 361. The van der Waals surface area contributed by atoms with E-state index in [-0.39, 0.29) is 0 Å². The Labute approximate surface area is 97.2 Å². The predicted molar refractivity (Wildman–Crippen MR) is 65.4 cm³/mol. The molecule has 0 unspecified atom stereocenters. The Hall–Kier alpha value is -1.06. The minimum atomic E-state index is 0.587. The van der Waals surface area contributed by atoms with E-state index in [1.807, 2.05) is 12.1 Å². The molecule has 0 amide bonds. The number of hydrogen-bond donors (Lipinski definition) is 1. The highest BCUT2D eigenvalue weighted by Crippen LogP contribution is 2.29. The topological polar surface area (TPSA) is 38.5 Å². The van der Waals surface area contributed by atoms with Crippen molar-refractivity contribution in [3.8, 4) is 5.75 Å². The Balaban J connectivity index is 2.15. The lowest BCUT2D eigenvalue weighted by Gasteiger charge is -2.18. The second kappa shape index (κ2) is 4.85. The van der Waals surface area contributed by atoms with Gasteiger partial charge in [0.15, 0.2) is 0 Å². The van der Waals surface area contributed by atoms with Gasteiger partial charge in [0, 0.05) is 24.7 Å². The SMILES string of the molecule is COc1ccc(CN)cc1CN(C)C1CC1. The van der Waals surface area contributed by atoms with Gasteiger partial charge in [0.2, 0.25) is 0 Å². The maximum atomic E-state index is 5.66. The average Bonchev–Trinajstić information content (AvgIpc) is 3.12. The molecule has 0 heterocycles. The molecule has 0 atom stereocenters. The van der Waals surface area contributed by atoms with Crippen LogP contribution in [0.4, 0.5) is 0 Å². The number of nitrogens with two attached hydrogens (primary N) is 1. The second-order valence-corrected chi connectivity index (χ2v) is 4.50. The summed E-state index contributed by atoms with van der Waals surface area (Å²) in [5.41, 5.74) is 8.06. The number of methoxy groups -OCH3 is 1. The lowest BCUT2D eigenvalue weighted by atomic mass is 10.1. The molecular formula is C13H20N2O. The van der Waals surface area contributed by atoms with E-state index in [0.717, 1.165) is 18.3 Å². The third-order valence-electron chi connectivity index (χ3n) is 3.17. The maximum absolute atomic E-state index is 5.66. The lowest BCUT2D eigenvalue weighted by molar-refractivity contribution is 0.307. The van der Waals surface area contributed by atoms with Crippen LogP contribution in [0.5, 0.6) is 5.75 Å². The van der Waals surface area contributed by atoms with E-state index in [1.165, 1.54) is 24.0 Å². The molecule has 1 aromatic carbocycles. The van der Waals surface area contributed by atoms with Crippen molar-refractivity contribution < 1.29 is 4.74 Å². The number of ether oxygens (including phenoxy) is 1. The molecule has 0 bridgehead atoms. The van der Waals surface area contributed by atoms with Gasteiger partial charge in [-0.05, 0) is 37.6 Å². The highest BCUT2D eigenvalue weighted by Gasteiger charge is 2.26. The van der Waals surface area contributed by atoms with Crippen molar-refractivity contribution in [2.24, 2.45) is 5.73 Å². The quantitative estimate of drug-likeness (QED) is 0.821. The van der Waals surface area contributed by atoms with E-state index in [9.17, 15) is 0 Å². The number of rotatable bonds is 5. The molecule has 2 rings (SSSR count). The first-order valence-electron chi connectivity index (χ1n) is 5.80. The van der Waals surface area contributed by atoms with Crippen LogP contribution in [0.25, 0.3) is 0 Å². The van der Waals surface area contributed by atoms with Gasteiger partial charge in [-0.25, -0.2) is 0 Å². The summed E-state index contributed by atoms with van der Waals surface area (Å²) in [6, 6.07) is 6.96. The fraction of sp³-hybridized carbons (Fsp3) is 0.538. The van der Waals surface area contributed by atoms with Crippen LogP contribution in [0.15, 0.2) is 18.2 Å². The minimum Gasteiger partial charge on any atom is -0.496 e. The van der Waals surface area contributed by atoms with Crippen LogP contribution in [0.3, 0.4) is 0 Å². The molecule has 88 valence electrons. The van der Waals surface area contributed by atoms with Gasteiger partial charge in [-0.3, -0.25) is 4.90 Å². The first-order chi connectivity index (χ1) is 7.74. The Morgan fingerprint density at radius 2 is 2.19 bits per heavy atom. The predicted octanol–water partition coefficient (Wildman–Crippen LogP) is 1.75. The normalized spacial score (nSPS) is 15.5. The number of hydrogen-bond acceptors (Lipinski definition) is 3. The number of benzene rings is 1. The Morgan fingerprint density at radius 3 is 2.75 bits per heavy atom. The lowest BCUT2D eigenvalue weighted by Crippen LogP contribution is -2.20. The molecule has 1 saturated carbocycles. The molecule has 0 radical (unpaired) electrons. The van der Waals surface area contributed by atoms with Crippen LogP contribution >= 0.6 is 0 Å². The van der Waals surface area contributed by atoms with Crippen LogP contribution in [0, 0.1) is 0 Å². The van der Waals surface area contributed by atoms with Gasteiger partial charge in [-0.2, -0.15) is 0 Å². The molecule has 1 fully saturated rings. The number of nitrogens with zero attached hydrogens (tertiary/aromatic N) is 1. The summed E-state index contributed by atoms with van der Waals surface area (Å²) in [6.45, 7) is 1.53. The molecule has 3 nitrogen and oxygen atoms in total. The summed E-state index contributed by atoms with van der Waals surface area (Å²) in [5.74, 6) is 0.963. The van der Waals surface area contributed by atoms with Gasteiger partial charge >= 0.3 is 0 Å². The molecule has 1 aliphatic carbocycles. The first-order valence-corrected chi connectivity index (χ1v) is 5.80. The van der Waals surface area contributed by atoms with Gasteiger partial charge in [0.1, 0.15) is 5.75 Å². The third kappa shape index (κ3) is 2.54. The largest absolute Gasteiger partial charge is 0.496 e. The second-order valence-electron chi connectivity index (χ2n) is 4.50. The zero-order valence-corrected chi connectivity index (χ0v) is 10.1. The van der Waals surface area contributed by atoms with E-state index in [2.05, 4.69) is 18.0 Å². The van der Waals surface area contributed by atoms with Crippen LogP contribution in [0.2, 0.25) is 0 Å². The average molecular weight is 220 g/mol. The molecule has 16 heavy (non-hydrogen) atoms. The summed E-state index contributed by atoms with van der Waals surface area (Å²) < 4.78 is 5.38. The molecule has 1 aliphatic rings. The van der Waals surface area contributed by atoms with E-state index in [0.29, 0.717) is 6.54 Å². The maximum Gasteiger partial charge on any atom is 0.123 e. The van der Waals surface area contributed by atoms with Crippen LogP contribution in [-0.2, 0) is 13.1 Å². The summed E-state index contributed by atoms with van der Waals surface area (Å²) in [5, 5.41) is 0. The van der Waals surface area contributed by atoms with Gasteiger partial charge in [0.25, 0.3) is 0 Å². The molecule has 0 aliphatic heterocycles. The third-order valence-corrected chi connectivity index (χ3v) is 3.17. The highest BCUT2D eigenvalue weighted by molar-refractivity contribution is 5.37. The fourth-order valence-electron chi connectivity index (χ4n) is 2.00. The van der Waals surface area contributed by atoms with Crippen molar-refractivity contribution in [1.82, 2.24) is 4.90 Å².